The van der Waals surface area contributed by atoms with Crippen LogP contribution in [0.25, 0.3) is 0 Å². The van der Waals surface area contributed by atoms with Gasteiger partial charge in [-0.3, -0.25) is 4.72 Å². The van der Waals surface area contributed by atoms with Crippen LogP contribution in [0.15, 0.2) is 34.9 Å². The molecule has 0 aliphatic heterocycles. The summed E-state index contributed by atoms with van der Waals surface area (Å²) in [4.78, 5) is 4.25. The van der Waals surface area contributed by atoms with Gasteiger partial charge >= 0.3 is 0 Å². The third-order valence-electron chi connectivity index (χ3n) is 3.39. The third-order valence-corrected chi connectivity index (χ3v) is 4.00. The van der Waals surface area contributed by atoms with Gasteiger partial charge in [-0.1, -0.05) is 26.0 Å². The largest absolute Gasteiger partial charge is 0.444 e. The lowest BCUT2D eigenvalue weighted by molar-refractivity contribution is 0.411. The SMILES string of the molecule is CC(C)c1cnc(CN[C@H](C)c2cccc(NS(C)(=O)=O)c2)o1. The predicted molar refractivity (Wildman–Crippen MR) is 90.8 cm³/mol. The summed E-state index contributed by atoms with van der Waals surface area (Å²) in [6.45, 7) is 6.63. The molecule has 7 heteroatoms. The summed E-state index contributed by atoms with van der Waals surface area (Å²) in [6.07, 6.45) is 2.89. The van der Waals surface area contributed by atoms with Crippen LogP contribution in [-0.4, -0.2) is 19.7 Å². The number of aromatic nitrogens is 1. The van der Waals surface area contributed by atoms with Gasteiger partial charge in [0.25, 0.3) is 0 Å². The highest BCUT2D eigenvalue weighted by molar-refractivity contribution is 7.92. The maximum atomic E-state index is 11.3. The van der Waals surface area contributed by atoms with E-state index in [1.165, 1.54) is 0 Å². The number of nitrogens with zero attached hydrogens (tertiary/aromatic N) is 1. The smallest absolute Gasteiger partial charge is 0.229 e. The van der Waals surface area contributed by atoms with Gasteiger partial charge in [-0.2, -0.15) is 0 Å². The summed E-state index contributed by atoms with van der Waals surface area (Å²) < 4.78 is 30.7. The van der Waals surface area contributed by atoms with Crippen LogP contribution >= 0.6 is 0 Å². The third kappa shape index (κ3) is 5.37. The van der Waals surface area contributed by atoms with E-state index in [1.807, 2.05) is 25.1 Å². The first-order chi connectivity index (χ1) is 10.7. The van der Waals surface area contributed by atoms with Crippen molar-refractivity contribution in [3.63, 3.8) is 0 Å². The number of oxazole rings is 1. The summed E-state index contributed by atoms with van der Waals surface area (Å²) >= 11 is 0. The average molecular weight is 337 g/mol. The van der Waals surface area contributed by atoms with E-state index in [0.717, 1.165) is 17.6 Å². The highest BCUT2D eigenvalue weighted by atomic mass is 32.2. The van der Waals surface area contributed by atoms with Gasteiger partial charge in [-0.05, 0) is 24.6 Å². The number of anilines is 1. The molecule has 0 spiro atoms. The maximum absolute atomic E-state index is 11.3. The van der Waals surface area contributed by atoms with Crippen LogP contribution in [0, 0.1) is 0 Å². The Balaban J connectivity index is 1.99. The van der Waals surface area contributed by atoms with Crippen molar-refractivity contribution in [3.05, 3.63) is 47.7 Å². The standard InChI is InChI=1S/C16H23N3O3S/c1-11(2)15-9-18-16(22-15)10-17-12(3)13-6-5-7-14(8-13)19-23(4,20)21/h5-9,11-12,17,19H,10H2,1-4H3/t12-/m1/s1. The molecule has 126 valence electrons. The Morgan fingerprint density at radius 3 is 2.61 bits per heavy atom. The van der Waals surface area contributed by atoms with E-state index in [-0.39, 0.29) is 6.04 Å². The molecule has 0 aliphatic carbocycles. The molecule has 1 aromatic carbocycles. The zero-order valence-corrected chi connectivity index (χ0v) is 14.6. The molecule has 0 fully saturated rings. The summed E-state index contributed by atoms with van der Waals surface area (Å²) in [5, 5.41) is 3.32. The minimum absolute atomic E-state index is 0.0331. The zero-order chi connectivity index (χ0) is 17.0. The molecule has 1 aromatic heterocycles. The molecule has 0 saturated heterocycles. The minimum Gasteiger partial charge on any atom is -0.444 e. The summed E-state index contributed by atoms with van der Waals surface area (Å²) in [5.41, 5.74) is 1.53. The molecule has 0 unspecified atom stereocenters. The fourth-order valence-electron chi connectivity index (χ4n) is 2.12. The highest BCUT2D eigenvalue weighted by Crippen LogP contribution is 2.19. The van der Waals surface area contributed by atoms with Crippen molar-refractivity contribution in [1.29, 1.82) is 0 Å². The number of rotatable bonds is 7. The second kappa shape index (κ2) is 7.14. The number of benzene rings is 1. The molecule has 2 N–H and O–H groups in total. The fraction of sp³-hybridized carbons (Fsp3) is 0.438. The first kappa shape index (κ1) is 17.5. The topological polar surface area (TPSA) is 84.2 Å². The van der Waals surface area contributed by atoms with Crippen molar-refractivity contribution < 1.29 is 12.8 Å². The van der Waals surface area contributed by atoms with Crippen LogP contribution in [0.2, 0.25) is 0 Å². The van der Waals surface area contributed by atoms with E-state index in [0.29, 0.717) is 24.0 Å². The first-order valence-corrected chi connectivity index (χ1v) is 9.39. The van der Waals surface area contributed by atoms with Gasteiger partial charge < -0.3 is 9.73 Å². The Hall–Kier alpha value is -1.86. The molecule has 2 rings (SSSR count). The van der Waals surface area contributed by atoms with E-state index in [2.05, 4.69) is 28.9 Å². The summed E-state index contributed by atoms with van der Waals surface area (Å²) in [5.74, 6) is 1.83. The van der Waals surface area contributed by atoms with Crippen molar-refractivity contribution in [2.24, 2.45) is 0 Å². The molecule has 0 bridgehead atoms. The Bertz CT molecular complexity index is 753. The van der Waals surface area contributed by atoms with Gasteiger partial charge in [0.05, 0.1) is 19.0 Å². The van der Waals surface area contributed by atoms with Crippen LogP contribution < -0.4 is 10.0 Å². The highest BCUT2D eigenvalue weighted by Gasteiger charge is 2.11. The second-order valence-electron chi connectivity index (χ2n) is 5.91. The normalized spacial score (nSPS) is 13.3. The molecular formula is C16H23N3O3S. The van der Waals surface area contributed by atoms with E-state index in [1.54, 1.807) is 12.3 Å². The van der Waals surface area contributed by atoms with Crippen LogP contribution in [0.4, 0.5) is 5.69 Å². The number of sulfonamides is 1. The predicted octanol–water partition coefficient (Wildman–Crippen LogP) is 3.02. The van der Waals surface area contributed by atoms with Gasteiger partial charge in [0, 0.05) is 17.6 Å². The molecule has 23 heavy (non-hydrogen) atoms. The summed E-state index contributed by atoms with van der Waals surface area (Å²) in [6, 6.07) is 7.34. The molecule has 0 radical (unpaired) electrons. The van der Waals surface area contributed by atoms with E-state index >= 15 is 0 Å². The van der Waals surface area contributed by atoms with Gasteiger partial charge in [-0.25, -0.2) is 13.4 Å². The lowest BCUT2D eigenvalue weighted by Crippen LogP contribution is -2.18. The second-order valence-corrected chi connectivity index (χ2v) is 7.66. The molecule has 1 heterocycles. The molecule has 0 aliphatic rings. The van der Waals surface area contributed by atoms with E-state index < -0.39 is 10.0 Å². The van der Waals surface area contributed by atoms with Crippen molar-refractivity contribution in [2.45, 2.75) is 39.3 Å². The average Bonchev–Trinajstić information content (AvgIpc) is 2.92. The lowest BCUT2D eigenvalue weighted by Gasteiger charge is -2.14. The first-order valence-electron chi connectivity index (χ1n) is 7.50. The number of hydrogen-bond acceptors (Lipinski definition) is 5. The Kier molecular flexibility index (Phi) is 5.43. The van der Waals surface area contributed by atoms with Gasteiger partial charge in [0.1, 0.15) is 5.76 Å². The van der Waals surface area contributed by atoms with Gasteiger partial charge in [0.2, 0.25) is 15.9 Å². The monoisotopic (exact) mass is 337 g/mol. The van der Waals surface area contributed by atoms with E-state index in [9.17, 15) is 8.42 Å². The Labute approximate surface area is 137 Å². The molecule has 1 atom stereocenters. The number of hydrogen-bond donors (Lipinski definition) is 2. The van der Waals surface area contributed by atoms with Crippen LogP contribution in [-0.2, 0) is 16.6 Å². The van der Waals surface area contributed by atoms with Gasteiger partial charge in [0.15, 0.2) is 0 Å². The lowest BCUT2D eigenvalue weighted by atomic mass is 10.1. The van der Waals surface area contributed by atoms with Crippen LogP contribution in [0.1, 0.15) is 49.9 Å². The minimum atomic E-state index is -3.28. The number of nitrogens with one attached hydrogen (secondary N) is 2. The molecule has 0 saturated carbocycles. The van der Waals surface area contributed by atoms with Gasteiger partial charge in [-0.15, -0.1) is 0 Å². The maximum Gasteiger partial charge on any atom is 0.229 e. The zero-order valence-electron chi connectivity index (χ0n) is 13.8. The van der Waals surface area contributed by atoms with E-state index in [4.69, 9.17) is 4.42 Å². The van der Waals surface area contributed by atoms with Crippen molar-refractivity contribution >= 4 is 15.7 Å². The van der Waals surface area contributed by atoms with Crippen LogP contribution in [0.5, 0.6) is 0 Å². The van der Waals surface area contributed by atoms with Crippen LogP contribution in [0.3, 0.4) is 0 Å². The van der Waals surface area contributed by atoms with Crippen molar-refractivity contribution in [3.8, 4) is 0 Å². The molecule has 2 aromatic rings. The Morgan fingerprint density at radius 2 is 2.00 bits per heavy atom. The molecule has 0 amide bonds. The fourth-order valence-corrected chi connectivity index (χ4v) is 2.67. The Morgan fingerprint density at radius 1 is 1.26 bits per heavy atom. The van der Waals surface area contributed by atoms with Crippen molar-refractivity contribution in [1.82, 2.24) is 10.3 Å². The van der Waals surface area contributed by atoms with Crippen molar-refractivity contribution in [2.75, 3.05) is 11.0 Å². The summed E-state index contributed by atoms with van der Waals surface area (Å²) in [7, 11) is -3.28. The quantitative estimate of drug-likeness (QED) is 0.811. The molecular weight excluding hydrogens is 314 g/mol. The molecule has 6 nitrogen and oxygen atoms in total.